The number of nitrogens with one attached hydrogen (secondary N) is 1. The maximum absolute atomic E-state index is 11.9. The van der Waals surface area contributed by atoms with Crippen molar-refractivity contribution in [2.75, 3.05) is 19.6 Å². The molecule has 0 aromatic rings. The first-order valence-electron chi connectivity index (χ1n) is 8.39. The van der Waals surface area contributed by atoms with Gasteiger partial charge in [-0.1, -0.05) is 38.5 Å². The largest absolute Gasteiger partial charge is 0.338 e. The summed E-state index contributed by atoms with van der Waals surface area (Å²) in [5, 5.41) is 3.09. The van der Waals surface area contributed by atoms with Crippen molar-refractivity contribution in [2.24, 2.45) is 5.92 Å². The van der Waals surface area contributed by atoms with E-state index in [2.05, 4.69) is 5.32 Å². The summed E-state index contributed by atoms with van der Waals surface area (Å²) >= 11 is 0. The van der Waals surface area contributed by atoms with E-state index in [9.17, 15) is 4.79 Å². The van der Waals surface area contributed by atoms with Crippen LogP contribution in [0.15, 0.2) is 0 Å². The normalized spacial score (nSPS) is 22.0. The van der Waals surface area contributed by atoms with Gasteiger partial charge in [-0.15, -0.1) is 0 Å². The molecule has 1 saturated carbocycles. The van der Waals surface area contributed by atoms with Crippen LogP contribution >= 0.6 is 0 Å². The molecule has 2 aliphatic rings. The van der Waals surface area contributed by atoms with E-state index >= 15 is 0 Å². The van der Waals surface area contributed by atoms with Gasteiger partial charge in [0.2, 0.25) is 0 Å². The van der Waals surface area contributed by atoms with Gasteiger partial charge in [0, 0.05) is 19.6 Å². The highest BCUT2D eigenvalue weighted by molar-refractivity contribution is 5.74. The van der Waals surface area contributed by atoms with Gasteiger partial charge in [0.15, 0.2) is 0 Å². The lowest BCUT2D eigenvalue weighted by Gasteiger charge is -2.26. The second-order valence-corrected chi connectivity index (χ2v) is 6.28. The number of amides is 2. The van der Waals surface area contributed by atoms with Crippen LogP contribution in [0, 0.1) is 5.92 Å². The summed E-state index contributed by atoms with van der Waals surface area (Å²) in [5.74, 6) is 0.925. The van der Waals surface area contributed by atoms with E-state index in [0.29, 0.717) is 0 Å². The second-order valence-electron chi connectivity index (χ2n) is 6.28. The number of rotatable bonds is 4. The minimum Gasteiger partial charge on any atom is -0.338 e. The van der Waals surface area contributed by atoms with E-state index in [1.807, 2.05) is 4.90 Å². The summed E-state index contributed by atoms with van der Waals surface area (Å²) in [5.41, 5.74) is 0. The molecule has 2 amide bonds. The fraction of sp³-hybridized carbons (Fsp3) is 0.938. The number of nitrogens with zero attached hydrogens (tertiary/aromatic N) is 1. The predicted molar refractivity (Wildman–Crippen MR) is 79.2 cm³/mol. The van der Waals surface area contributed by atoms with Crippen molar-refractivity contribution in [3.05, 3.63) is 0 Å². The molecule has 1 heterocycles. The Morgan fingerprint density at radius 2 is 1.58 bits per heavy atom. The zero-order valence-corrected chi connectivity index (χ0v) is 12.3. The third-order valence-electron chi connectivity index (χ3n) is 4.68. The maximum Gasteiger partial charge on any atom is 0.317 e. The third-order valence-corrected chi connectivity index (χ3v) is 4.68. The smallest absolute Gasteiger partial charge is 0.317 e. The van der Waals surface area contributed by atoms with E-state index in [-0.39, 0.29) is 6.03 Å². The molecular formula is C16H30N2O. The molecule has 1 saturated heterocycles. The molecule has 3 heteroatoms. The molecule has 0 bridgehead atoms. The van der Waals surface area contributed by atoms with Gasteiger partial charge in [-0.3, -0.25) is 0 Å². The highest BCUT2D eigenvalue weighted by Gasteiger charge is 2.16. The molecule has 0 unspecified atom stereocenters. The molecule has 2 rings (SSSR count). The van der Waals surface area contributed by atoms with Crippen LogP contribution in [0.1, 0.15) is 70.6 Å². The zero-order chi connectivity index (χ0) is 13.3. The van der Waals surface area contributed by atoms with Gasteiger partial charge in [0.1, 0.15) is 0 Å². The molecule has 0 aromatic heterocycles. The van der Waals surface area contributed by atoms with Crippen LogP contribution in [0.2, 0.25) is 0 Å². The Labute approximate surface area is 118 Å². The van der Waals surface area contributed by atoms with Gasteiger partial charge in [-0.25, -0.2) is 4.79 Å². The number of hydrogen-bond donors (Lipinski definition) is 1. The van der Waals surface area contributed by atoms with E-state index in [0.717, 1.165) is 32.0 Å². The molecule has 2 fully saturated rings. The minimum atomic E-state index is 0.167. The Balaban J connectivity index is 1.54. The number of carbonyl (C=O) groups is 1. The van der Waals surface area contributed by atoms with Crippen LogP contribution in [0.5, 0.6) is 0 Å². The van der Waals surface area contributed by atoms with Crippen molar-refractivity contribution < 1.29 is 4.79 Å². The third kappa shape index (κ3) is 5.42. The van der Waals surface area contributed by atoms with Gasteiger partial charge in [0.25, 0.3) is 0 Å². The van der Waals surface area contributed by atoms with Gasteiger partial charge in [0.05, 0.1) is 0 Å². The van der Waals surface area contributed by atoms with Crippen molar-refractivity contribution in [2.45, 2.75) is 70.6 Å². The molecular weight excluding hydrogens is 236 g/mol. The predicted octanol–water partition coefficient (Wildman–Crippen LogP) is 3.93. The van der Waals surface area contributed by atoms with Crippen molar-refractivity contribution >= 4 is 6.03 Å². The van der Waals surface area contributed by atoms with E-state index in [4.69, 9.17) is 0 Å². The van der Waals surface area contributed by atoms with E-state index in [1.165, 1.54) is 64.2 Å². The zero-order valence-electron chi connectivity index (χ0n) is 12.3. The van der Waals surface area contributed by atoms with Crippen LogP contribution in [0.25, 0.3) is 0 Å². The van der Waals surface area contributed by atoms with Crippen molar-refractivity contribution in [1.82, 2.24) is 10.2 Å². The number of likely N-dealkylation sites (tertiary alicyclic amines) is 1. The van der Waals surface area contributed by atoms with Crippen molar-refractivity contribution in [1.29, 1.82) is 0 Å². The summed E-state index contributed by atoms with van der Waals surface area (Å²) in [6.07, 6.45) is 14.6. The molecule has 19 heavy (non-hydrogen) atoms. The van der Waals surface area contributed by atoms with Crippen LogP contribution in [-0.2, 0) is 0 Å². The molecule has 3 nitrogen and oxygen atoms in total. The maximum atomic E-state index is 11.9. The van der Waals surface area contributed by atoms with Crippen molar-refractivity contribution in [3.63, 3.8) is 0 Å². The second kappa shape index (κ2) is 8.44. The van der Waals surface area contributed by atoms with Crippen LogP contribution in [-0.4, -0.2) is 30.6 Å². The first-order valence-corrected chi connectivity index (χ1v) is 8.39. The molecule has 1 aliphatic carbocycles. The van der Waals surface area contributed by atoms with Crippen LogP contribution < -0.4 is 5.32 Å². The summed E-state index contributed by atoms with van der Waals surface area (Å²) < 4.78 is 0. The average Bonchev–Trinajstić information content (AvgIpc) is 2.73. The Bertz CT molecular complexity index is 253. The van der Waals surface area contributed by atoms with Gasteiger partial charge in [-0.05, 0) is 38.0 Å². The molecule has 0 aromatic carbocycles. The molecule has 1 aliphatic heterocycles. The van der Waals surface area contributed by atoms with Gasteiger partial charge >= 0.3 is 6.03 Å². The first-order chi connectivity index (χ1) is 9.36. The molecule has 110 valence electrons. The van der Waals surface area contributed by atoms with E-state index < -0.39 is 0 Å². The highest BCUT2D eigenvalue weighted by Crippen LogP contribution is 2.26. The summed E-state index contributed by atoms with van der Waals surface area (Å²) in [7, 11) is 0. The Kier molecular flexibility index (Phi) is 6.52. The number of hydrogen-bond acceptors (Lipinski definition) is 1. The fourth-order valence-electron chi connectivity index (χ4n) is 3.45. The topological polar surface area (TPSA) is 32.3 Å². The summed E-state index contributed by atoms with van der Waals surface area (Å²) in [6.45, 7) is 2.77. The first kappa shape index (κ1) is 14.7. The fourth-order valence-corrected chi connectivity index (χ4v) is 3.45. The Hall–Kier alpha value is -0.730. The van der Waals surface area contributed by atoms with Gasteiger partial charge in [-0.2, -0.15) is 0 Å². The lowest BCUT2D eigenvalue weighted by Crippen LogP contribution is -2.43. The van der Waals surface area contributed by atoms with Gasteiger partial charge < -0.3 is 10.2 Å². The molecule has 0 atom stereocenters. The number of piperidine rings is 1. The number of carbonyl (C=O) groups excluding carboxylic acids is 1. The number of urea groups is 1. The lowest BCUT2D eigenvalue weighted by atomic mass is 9.95. The van der Waals surface area contributed by atoms with Crippen LogP contribution in [0.3, 0.4) is 0 Å². The molecule has 0 spiro atoms. The Morgan fingerprint density at radius 3 is 2.26 bits per heavy atom. The quantitative estimate of drug-likeness (QED) is 0.607. The SMILES string of the molecule is O=C(NCCCC1CCCCCC1)N1CCCCC1. The lowest BCUT2D eigenvalue weighted by molar-refractivity contribution is 0.186. The standard InChI is InChI=1S/C16H30N2O/c19-16(18-13-6-3-7-14-18)17-12-8-11-15-9-4-1-2-5-10-15/h15H,1-14H2,(H,17,19). The molecule has 1 N–H and O–H groups in total. The Morgan fingerprint density at radius 1 is 0.947 bits per heavy atom. The summed E-state index contributed by atoms with van der Waals surface area (Å²) in [6, 6.07) is 0.167. The minimum absolute atomic E-state index is 0.167. The monoisotopic (exact) mass is 266 g/mol. The van der Waals surface area contributed by atoms with Crippen molar-refractivity contribution in [3.8, 4) is 0 Å². The molecule has 0 radical (unpaired) electrons. The van der Waals surface area contributed by atoms with Crippen LogP contribution in [0.4, 0.5) is 4.79 Å². The summed E-state index contributed by atoms with van der Waals surface area (Å²) in [4.78, 5) is 13.9. The highest BCUT2D eigenvalue weighted by atomic mass is 16.2. The average molecular weight is 266 g/mol. The van der Waals surface area contributed by atoms with E-state index in [1.54, 1.807) is 0 Å².